The zero-order chi connectivity index (χ0) is 14.0. The molecule has 1 saturated heterocycles. The van der Waals surface area contributed by atoms with Gasteiger partial charge in [0.15, 0.2) is 0 Å². The van der Waals surface area contributed by atoms with Crippen LogP contribution in [0.5, 0.6) is 0 Å². The monoisotopic (exact) mass is 265 g/mol. The van der Waals surface area contributed by atoms with Crippen molar-refractivity contribution in [2.24, 2.45) is 11.8 Å². The van der Waals surface area contributed by atoms with Gasteiger partial charge in [0.25, 0.3) is 0 Å². The maximum absolute atomic E-state index is 13.1. The lowest BCUT2D eigenvalue weighted by Crippen LogP contribution is -2.33. The quantitative estimate of drug-likeness (QED) is 0.909. The van der Waals surface area contributed by atoms with Crippen LogP contribution in [0.4, 0.5) is 4.39 Å². The molecule has 0 radical (unpaired) electrons. The number of carboxylic acid groups (broad SMARTS) is 1. The molecule has 0 amide bonds. The van der Waals surface area contributed by atoms with E-state index in [4.69, 9.17) is 5.11 Å². The molecule has 1 aromatic rings. The lowest BCUT2D eigenvalue weighted by Gasteiger charge is -2.24. The highest BCUT2D eigenvalue weighted by atomic mass is 19.1. The topological polar surface area (TPSA) is 40.5 Å². The molecule has 2 rings (SSSR count). The SMILES string of the molecule is CC(Cc1cccc(F)c1)N1C[C@@H](C)[C@H](C(=O)O)C1. The number of carbonyl (C=O) groups is 1. The Morgan fingerprint density at radius 2 is 2.26 bits per heavy atom. The summed E-state index contributed by atoms with van der Waals surface area (Å²) < 4.78 is 13.1. The Hall–Kier alpha value is -1.42. The zero-order valence-electron chi connectivity index (χ0n) is 11.3. The van der Waals surface area contributed by atoms with Gasteiger partial charge in [-0.1, -0.05) is 19.1 Å². The van der Waals surface area contributed by atoms with Crippen LogP contribution in [0, 0.1) is 17.7 Å². The van der Waals surface area contributed by atoms with Gasteiger partial charge in [0, 0.05) is 19.1 Å². The van der Waals surface area contributed by atoms with Gasteiger partial charge in [-0.25, -0.2) is 4.39 Å². The number of likely N-dealkylation sites (tertiary alicyclic amines) is 1. The number of hydrogen-bond acceptors (Lipinski definition) is 2. The average molecular weight is 265 g/mol. The minimum Gasteiger partial charge on any atom is -0.481 e. The van der Waals surface area contributed by atoms with Gasteiger partial charge in [0.2, 0.25) is 0 Å². The molecule has 19 heavy (non-hydrogen) atoms. The molecule has 3 nitrogen and oxygen atoms in total. The van der Waals surface area contributed by atoms with Crippen LogP contribution < -0.4 is 0 Å². The van der Waals surface area contributed by atoms with Crippen LogP contribution in [0.15, 0.2) is 24.3 Å². The van der Waals surface area contributed by atoms with Crippen LogP contribution in [0.25, 0.3) is 0 Å². The van der Waals surface area contributed by atoms with E-state index < -0.39 is 5.97 Å². The molecule has 3 atom stereocenters. The van der Waals surface area contributed by atoms with Gasteiger partial charge in [-0.3, -0.25) is 9.69 Å². The first kappa shape index (κ1) is 14.0. The Morgan fingerprint density at radius 1 is 1.53 bits per heavy atom. The van der Waals surface area contributed by atoms with E-state index in [9.17, 15) is 9.18 Å². The molecule has 0 bridgehead atoms. The fourth-order valence-corrected chi connectivity index (χ4v) is 2.82. The van der Waals surface area contributed by atoms with Crippen molar-refractivity contribution in [3.8, 4) is 0 Å². The molecule has 1 aromatic carbocycles. The predicted molar refractivity (Wildman–Crippen MR) is 71.4 cm³/mol. The van der Waals surface area contributed by atoms with E-state index in [0.29, 0.717) is 6.54 Å². The minimum atomic E-state index is -0.715. The molecule has 1 aliphatic heterocycles. The third-order valence-electron chi connectivity index (χ3n) is 4.00. The Balaban J connectivity index is 1.98. The Kier molecular flexibility index (Phi) is 4.20. The second-order valence-corrected chi connectivity index (χ2v) is 5.56. The smallest absolute Gasteiger partial charge is 0.308 e. The second kappa shape index (κ2) is 5.70. The molecule has 0 aromatic heterocycles. The van der Waals surface area contributed by atoms with E-state index in [2.05, 4.69) is 11.8 Å². The van der Waals surface area contributed by atoms with Crippen molar-refractivity contribution in [1.29, 1.82) is 0 Å². The Labute approximate surface area is 113 Å². The van der Waals surface area contributed by atoms with Crippen molar-refractivity contribution in [1.82, 2.24) is 4.90 Å². The zero-order valence-corrected chi connectivity index (χ0v) is 11.3. The summed E-state index contributed by atoms with van der Waals surface area (Å²) in [6.45, 7) is 5.44. The number of hydrogen-bond donors (Lipinski definition) is 1. The fourth-order valence-electron chi connectivity index (χ4n) is 2.82. The summed E-state index contributed by atoms with van der Waals surface area (Å²) in [6.07, 6.45) is 0.747. The lowest BCUT2D eigenvalue weighted by molar-refractivity contribution is -0.142. The summed E-state index contributed by atoms with van der Waals surface area (Å²) in [6, 6.07) is 6.84. The third-order valence-corrected chi connectivity index (χ3v) is 4.00. The van der Waals surface area contributed by atoms with E-state index in [1.165, 1.54) is 6.07 Å². The molecular weight excluding hydrogens is 245 g/mol. The molecule has 1 N–H and O–H groups in total. The van der Waals surface area contributed by atoms with E-state index in [0.717, 1.165) is 18.5 Å². The number of aliphatic carboxylic acids is 1. The first-order valence-corrected chi connectivity index (χ1v) is 6.68. The molecular formula is C15H20FNO2. The van der Waals surface area contributed by atoms with Crippen molar-refractivity contribution >= 4 is 5.97 Å². The van der Waals surface area contributed by atoms with Gasteiger partial charge in [-0.2, -0.15) is 0 Å². The van der Waals surface area contributed by atoms with Crippen LogP contribution in [-0.2, 0) is 11.2 Å². The normalized spacial score (nSPS) is 25.4. The van der Waals surface area contributed by atoms with Crippen LogP contribution in [0.3, 0.4) is 0 Å². The largest absolute Gasteiger partial charge is 0.481 e. The second-order valence-electron chi connectivity index (χ2n) is 5.56. The molecule has 4 heteroatoms. The van der Waals surface area contributed by atoms with Gasteiger partial charge in [0.1, 0.15) is 5.82 Å². The summed E-state index contributed by atoms with van der Waals surface area (Å²) in [5, 5.41) is 9.13. The molecule has 0 saturated carbocycles. The van der Waals surface area contributed by atoms with Gasteiger partial charge < -0.3 is 5.11 Å². The highest BCUT2D eigenvalue weighted by molar-refractivity contribution is 5.71. The van der Waals surface area contributed by atoms with E-state index in [1.54, 1.807) is 12.1 Å². The van der Waals surface area contributed by atoms with Crippen molar-refractivity contribution in [2.45, 2.75) is 26.3 Å². The molecule has 1 unspecified atom stereocenters. The van der Waals surface area contributed by atoms with Crippen LogP contribution in [0.1, 0.15) is 19.4 Å². The first-order chi connectivity index (χ1) is 8.97. The maximum Gasteiger partial charge on any atom is 0.308 e. The van der Waals surface area contributed by atoms with Crippen LogP contribution >= 0.6 is 0 Å². The van der Waals surface area contributed by atoms with Gasteiger partial charge >= 0.3 is 5.97 Å². The van der Waals surface area contributed by atoms with Crippen molar-refractivity contribution in [2.75, 3.05) is 13.1 Å². The predicted octanol–water partition coefficient (Wildman–Crippen LogP) is 2.41. The van der Waals surface area contributed by atoms with Gasteiger partial charge in [-0.05, 0) is 37.0 Å². The van der Waals surface area contributed by atoms with Crippen LogP contribution in [-0.4, -0.2) is 35.1 Å². The van der Waals surface area contributed by atoms with Crippen molar-refractivity contribution in [3.63, 3.8) is 0 Å². The summed E-state index contributed by atoms with van der Waals surface area (Å²) in [5.74, 6) is -1.04. The first-order valence-electron chi connectivity index (χ1n) is 6.68. The highest BCUT2D eigenvalue weighted by Gasteiger charge is 2.36. The summed E-state index contributed by atoms with van der Waals surface area (Å²) in [7, 11) is 0. The standard InChI is InChI=1S/C15H20FNO2/c1-10-8-17(9-14(10)15(18)19)11(2)6-12-4-3-5-13(16)7-12/h3-5,7,10-11,14H,6,8-9H2,1-2H3,(H,18,19)/t10-,11?,14-/m1/s1. The molecule has 0 spiro atoms. The molecule has 104 valence electrons. The fraction of sp³-hybridized carbons (Fsp3) is 0.533. The van der Waals surface area contributed by atoms with E-state index in [-0.39, 0.29) is 23.7 Å². The minimum absolute atomic E-state index is 0.174. The van der Waals surface area contributed by atoms with Crippen molar-refractivity contribution in [3.05, 3.63) is 35.6 Å². The molecule has 0 aliphatic carbocycles. The lowest BCUT2D eigenvalue weighted by atomic mass is 9.99. The Morgan fingerprint density at radius 3 is 2.84 bits per heavy atom. The number of nitrogens with zero attached hydrogens (tertiary/aromatic N) is 1. The van der Waals surface area contributed by atoms with Gasteiger partial charge in [0.05, 0.1) is 5.92 Å². The summed E-state index contributed by atoms with van der Waals surface area (Å²) >= 11 is 0. The van der Waals surface area contributed by atoms with E-state index in [1.807, 2.05) is 13.0 Å². The average Bonchev–Trinajstić information content (AvgIpc) is 2.71. The Bertz CT molecular complexity index is 463. The van der Waals surface area contributed by atoms with Crippen molar-refractivity contribution < 1.29 is 14.3 Å². The van der Waals surface area contributed by atoms with E-state index >= 15 is 0 Å². The number of halogens is 1. The number of carboxylic acids is 1. The van der Waals surface area contributed by atoms with Crippen LogP contribution in [0.2, 0.25) is 0 Å². The summed E-state index contributed by atoms with van der Waals surface area (Å²) in [5.41, 5.74) is 0.957. The number of rotatable bonds is 4. The summed E-state index contributed by atoms with van der Waals surface area (Å²) in [4.78, 5) is 13.3. The third kappa shape index (κ3) is 3.32. The van der Waals surface area contributed by atoms with Gasteiger partial charge in [-0.15, -0.1) is 0 Å². The molecule has 1 aliphatic rings. The molecule has 1 heterocycles. The highest BCUT2D eigenvalue weighted by Crippen LogP contribution is 2.26. The maximum atomic E-state index is 13.1. The molecule has 1 fully saturated rings. The number of benzene rings is 1.